The van der Waals surface area contributed by atoms with Gasteiger partial charge in [-0.3, -0.25) is 9.69 Å². The Bertz CT molecular complexity index is 1200. The number of nitrogens with zero attached hydrogens (tertiary/aromatic N) is 5. The summed E-state index contributed by atoms with van der Waals surface area (Å²) in [5, 5.41) is 0. The van der Waals surface area contributed by atoms with Crippen LogP contribution in [0.4, 0.5) is 15.8 Å². The van der Waals surface area contributed by atoms with Crippen molar-refractivity contribution in [2.45, 2.75) is 52.0 Å². The first kappa shape index (κ1) is 25.3. The molecule has 0 radical (unpaired) electrons. The fourth-order valence-corrected chi connectivity index (χ4v) is 5.25. The predicted molar refractivity (Wildman–Crippen MR) is 144 cm³/mol. The highest BCUT2D eigenvalue weighted by Gasteiger charge is 2.33. The summed E-state index contributed by atoms with van der Waals surface area (Å²) in [5.74, 6) is 0.0327. The Hall–Kier alpha value is -2.77. The molecular weight excluding hydrogens is 556 g/mol. The van der Waals surface area contributed by atoms with Crippen LogP contribution in [0.1, 0.15) is 43.0 Å². The average molecular weight is 585 g/mol. The molecule has 2 aromatic carbocycles. The maximum atomic E-state index is 13.4. The van der Waals surface area contributed by atoms with Gasteiger partial charge in [0.05, 0.1) is 25.1 Å². The second-order valence-corrected chi connectivity index (χ2v) is 10.2. The SMILES string of the molecule is [C-]#[N+]c1ccc(Cn2cncc2CN2CC(=O)N(c3cc(I)cc(CF)c3)C[C@@H]2CCCC)cc1. The number of anilines is 1. The number of carbonyl (C=O) groups is 1. The summed E-state index contributed by atoms with van der Waals surface area (Å²) in [6, 6.07) is 13.4. The first-order valence-electron chi connectivity index (χ1n) is 11.9. The average Bonchev–Trinajstić information content (AvgIpc) is 3.29. The zero-order chi connectivity index (χ0) is 24.8. The topological polar surface area (TPSA) is 45.7 Å². The highest BCUT2D eigenvalue weighted by molar-refractivity contribution is 14.1. The number of hydrogen-bond donors (Lipinski definition) is 0. The number of alkyl halides is 1. The minimum Gasteiger partial charge on any atom is -0.329 e. The maximum Gasteiger partial charge on any atom is 0.241 e. The predicted octanol–water partition coefficient (Wildman–Crippen LogP) is 5.96. The number of rotatable bonds is 9. The second kappa shape index (κ2) is 11.8. The third-order valence-corrected chi connectivity index (χ3v) is 7.05. The normalized spacial score (nSPS) is 16.5. The molecule has 35 heavy (non-hydrogen) atoms. The zero-order valence-electron chi connectivity index (χ0n) is 19.8. The van der Waals surface area contributed by atoms with Crippen LogP contribution in [-0.2, 0) is 24.6 Å². The molecule has 1 aliphatic rings. The van der Waals surface area contributed by atoms with E-state index in [9.17, 15) is 9.18 Å². The Kier molecular flexibility index (Phi) is 8.52. The molecule has 0 unspecified atom stereocenters. The molecule has 3 aromatic rings. The van der Waals surface area contributed by atoms with Gasteiger partial charge in [0, 0.05) is 41.1 Å². The molecule has 8 heteroatoms. The van der Waals surface area contributed by atoms with Gasteiger partial charge in [0.2, 0.25) is 5.91 Å². The number of amides is 1. The molecule has 0 aliphatic carbocycles. The fraction of sp³-hybridized carbons (Fsp3) is 0.370. The Morgan fingerprint density at radius 2 is 1.97 bits per heavy atom. The van der Waals surface area contributed by atoms with Crippen molar-refractivity contribution in [1.82, 2.24) is 14.5 Å². The van der Waals surface area contributed by atoms with Crippen LogP contribution in [0.3, 0.4) is 0 Å². The number of imidazole rings is 1. The van der Waals surface area contributed by atoms with E-state index in [1.54, 1.807) is 6.07 Å². The number of benzene rings is 2. The summed E-state index contributed by atoms with van der Waals surface area (Å²) < 4.78 is 16.4. The van der Waals surface area contributed by atoms with E-state index in [1.807, 2.05) is 53.8 Å². The van der Waals surface area contributed by atoms with Gasteiger partial charge in [0.15, 0.2) is 5.69 Å². The van der Waals surface area contributed by atoms with Crippen LogP contribution in [0.5, 0.6) is 0 Å². The molecule has 6 nitrogen and oxygen atoms in total. The minimum absolute atomic E-state index is 0.0327. The molecule has 1 saturated heterocycles. The first-order chi connectivity index (χ1) is 17.0. The van der Waals surface area contributed by atoms with Gasteiger partial charge < -0.3 is 9.47 Å². The Morgan fingerprint density at radius 3 is 2.69 bits per heavy atom. The summed E-state index contributed by atoms with van der Waals surface area (Å²) in [7, 11) is 0. The van der Waals surface area contributed by atoms with Crippen molar-refractivity contribution in [3.63, 3.8) is 0 Å². The fourth-order valence-electron chi connectivity index (χ4n) is 4.53. The third-order valence-electron chi connectivity index (χ3n) is 6.43. The summed E-state index contributed by atoms with van der Waals surface area (Å²) in [6.45, 7) is 11.0. The van der Waals surface area contributed by atoms with Crippen molar-refractivity contribution in [3.8, 4) is 0 Å². The Labute approximate surface area is 219 Å². The lowest BCUT2D eigenvalue weighted by Gasteiger charge is -2.41. The maximum absolute atomic E-state index is 13.4. The Balaban J connectivity index is 1.52. The molecule has 0 bridgehead atoms. The van der Waals surface area contributed by atoms with Crippen LogP contribution in [0.15, 0.2) is 55.0 Å². The van der Waals surface area contributed by atoms with E-state index in [4.69, 9.17) is 6.57 Å². The summed E-state index contributed by atoms with van der Waals surface area (Å²) in [6.07, 6.45) is 6.85. The lowest BCUT2D eigenvalue weighted by atomic mass is 10.0. The van der Waals surface area contributed by atoms with Gasteiger partial charge >= 0.3 is 0 Å². The highest BCUT2D eigenvalue weighted by Crippen LogP contribution is 2.27. The van der Waals surface area contributed by atoms with Crippen LogP contribution >= 0.6 is 22.6 Å². The van der Waals surface area contributed by atoms with Crippen LogP contribution in [0.2, 0.25) is 0 Å². The molecular formula is C27H29FIN5O. The van der Waals surface area contributed by atoms with Gasteiger partial charge in [-0.05, 0) is 58.3 Å². The molecule has 1 aromatic heterocycles. The van der Waals surface area contributed by atoms with Crippen molar-refractivity contribution in [3.05, 3.63) is 86.8 Å². The monoisotopic (exact) mass is 585 g/mol. The quantitative estimate of drug-likeness (QED) is 0.230. The second-order valence-electron chi connectivity index (χ2n) is 8.95. The van der Waals surface area contributed by atoms with Crippen molar-refractivity contribution in [2.24, 2.45) is 0 Å². The van der Waals surface area contributed by atoms with Gasteiger partial charge in [-0.1, -0.05) is 44.0 Å². The van der Waals surface area contributed by atoms with Crippen molar-refractivity contribution in [1.29, 1.82) is 0 Å². The van der Waals surface area contributed by atoms with Crippen LogP contribution in [0.25, 0.3) is 4.85 Å². The van der Waals surface area contributed by atoms with Crippen molar-refractivity contribution in [2.75, 3.05) is 18.0 Å². The number of piperazine rings is 1. The van der Waals surface area contributed by atoms with Crippen LogP contribution in [-0.4, -0.2) is 39.5 Å². The number of halogens is 2. The van der Waals surface area contributed by atoms with Crippen LogP contribution < -0.4 is 4.90 Å². The molecule has 1 aliphatic heterocycles. The zero-order valence-corrected chi connectivity index (χ0v) is 22.0. The van der Waals surface area contributed by atoms with Crippen LogP contribution in [0, 0.1) is 10.1 Å². The van der Waals surface area contributed by atoms with Gasteiger partial charge in [-0.2, -0.15) is 0 Å². The molecule has 0 spiro atoms. The van der Waals surface area contributed by atoms with Crippen molar-refractivity contribution < 1.29 is 9.18 Å². The van der Waals surface area contributed by atoms with Gasteiger partial charge in [-0.15, -0.1) is 0 Å². The lowest BCUT2D eigenvalue weighted by molar-refractivity contribution is -0.122. The van der Waals surface area contributed by atoms with Crippen molar-refractivity contribution >= 4 is 39.9 Å². The van der Waals surface area contributed by atoms with E-state index in [0.717, 1.165) is 39.8 Å². The molecule has 2 heterocycles. The van der Waals surface area contributed by atoms with E-state index in [0.29, 0.717) is 37.4 Å². The number of aromatic nitrogens is 2. The highest BCUT2D eigenvalue weighted by atomic mass is 127. The van der Waals surface area contributed by atoms with E-state index in [1.165, 1.54) is 0 Å². The standard InChI is InChI=1S/C27H29FIN5O/c1-3-4-5-24-17-34(25-11-21(13-28)10-22(29)12-25)27(35)18-32(24)16-26-14-31-19-33(26)15-20-6-8-23(30-2)9-7-20/h6-12,14,19,24H,3-5,13,15-18H2,1H3/t24-/m0/s1. The summed E-state index contributed by atoms with van der Waals surface area (Å²) >= 11 is 2.18. The smallest absolute Gasteiger partial charge is 0.241 e. The molecule has 1 amide bonds. The van der Waals surface area contributed by atoms with E-state index < -0.39 is 6.67 Å². The lowest BCUT2D eigenvalue weighted by Crippen LogP contribution is -2.56. The molecule has 182 valence electrons. The Morgan fingerprint density at radius 1 is 1.17 bits per heavy atom. The number of hydrogen-bond acceptors (Lipinski definition) is 3. The van der Waals surface area contributed by atoms with Gasteiger partial charge in [-0.25, -0.2) is 14.2 Å². The third kappa shape index (κ3) is 6.27. The number of carbonyl (C=O) groups excluding carboxylic acids is 1. The molecule has 4 rings (SSSR count). The molecule has 1 fully saturated rings. The van der Waals surface area contributed by atoms with Gasteiger partial charge in [0.25, 0.3) is 0 Å². The minimum atomic E-state index is -0.540. The first-order valence-corrected chi connectivity index (χ1v) is 12.9. The molecule has 0 saturated carbocycles. The largest absolute Gasteiger partial charge is 0.329 e. The summed E-state index contributed by atoms with van der Waals surface area (Å²) in [5.41, 5.74) is 4.16. The van der Waals surface area contributed by atoms with Gasteiger partial charge in [0.1, 0.15) is 6.67 Å². The molecule has 0 N–H and O–H groups in total. The molecule has 1 atom stereocenters. The number of unbranched alkanes of at least 4 members (excludes halogenated alkanes) is 1. The van der Waals surface area contributed by atoms with E-state index >= 15 is 0 Å². The summed E-state index contributed by atoms with van der Waals surface area (Å²) in [4.78, 5) is 25.2. The van der Waals surface area contributed by atoms with E-state index in [-0.39, 0.29) is 11.9 Å². The van der Waals surface area contributed by atoms with E-state index in [2.05, 4.69) is 48.8 Å².